The Labute approximate surface area is 129 Å². The Balaban J connectivity index is 1.70. The normalized spacial score (nSPS) is 15.9. The number of benzene rings is 1. The second-order valence-electron chi connectivity index (χ2n) is 5.43. The molecule has 1 fully saturated rings. The zero-order chi connectivity index (χ0) is 14.8. The van der Waals surface area contributed by atoms with Gasteiger partial charge in [0.2, 0.25) is 0 Å². The zero-order valence-electron chi connectivity index (χ0n) is 12.3. The third kappa shape index (κ3) is 3.18. The Morgan fingerprint density at radius 3 is 2.71 bits per heavy atom. The fraction of sp³-hybridized carbons (Fsp3) is 0.438. The Kier molecular flexibility index (Phi) is 4.10. The number of nitrogens with zero attached hydrogens (tertiary/aromatic N) is 3. The molecular weight excluding hydrogens is 282 g/mol. The number of carbonyl (C=O) groups is 1. The van der Waals surface area contributed by atoms with Gasteiger partial charge in [-0.2, -0.15) is 0 Å². The van der Waals surface area contributed by atoms with Crippen molar-refractivity contribution in [3.05, 3.63) is 41.7 Å². The van der Waals surface area contributed by atoms with Crippen LogP contribution in [0.5, 0.6) is 0 Å². The molecule has 0 radical (unpaired) electrons. The third-order valence-electron chi connectivity index (χ3n) is 3.78. The van der Waals surface area contributed by atoms with Crippen molar-refractivity contribution in [3.8, 4) is 0 Å². The largest absolute Gasteiger partial charge is 0.306 e. The number of ketones is 1. The summed E-state index contributed by atoms with van der Waals surface area (Å²) in [5, 5.41) is 8.81. The summed E-state index contributed by atoms with van der Waals surface area (Å²) in [4.78, 5) is 12.5. The number of rotatable bonds is 6. The van der Waals surface area contributed by atoms with Gasteiger partial charge in [0.25, 0.3) is 0 Å². The lowest BCUT2D eigenvalue weighted by molar-refractivity contribution is 0.0994. The smallest absolute Gasteiger partial charge is 0.191 e. The van der Waals surface area contributed by atoms with Crippen LogP contribution in [0.3, 0.4) is 0 Å². The molecule has 21 heavy (non-hydrogen) atoms. The second kappa shape index (κ2) is 6.02. The molecule has 2 aromatic rings. The highest BCUT2D eigenvalue weighted by Gasteiger charge is 2.28. The highest BCUT2D eigenvalue weighted by molar-refractivity contribution is 8.00. The van der Waals surface area contributed by atoms with Gasteiger partial charge < -0.3 is 4.57 Å². The van der Waals surface area contributed by atoms with Gasteiger partial charge in [-0.3, -0.25) is 4.79 Å². The first kappa shape index (κ1) is 14.3. The highest BCUT2D eigenvalue weighted by Crippen LogP contribution is 2.38. The first-order valence-electron chi connectivity index (χ1n) is 7.38. The monoisotopic (exact) mass is 301 g/mol. The van der Waals surface area contributed by atoms with Gasteiger partial charge in [0, 0.05) is 11.6 Å². The summed E-state index contributed by atoms with van der Waals surface area (Å²) in [7, 11) is 0. The van der Waals surface area contributed by atoms with Crippen molar-refractivity contribution < 1.29 is 4.79 Å². The molecule has 1 heterocycles. The predicted molar refractivity (Wildman–Crippen MR) is 83.8 cm³/mol. The van der Waals surface area contributed by atoms with Crippen LogP contribution in [-0.2, 0) is 6.42 Å². The van der Waals surface area contributed by atoms with Gasteiger partial charge in [0.05, 0.1) is 5.25 Å². The quantitative estimate of drug-likeness (QED) is 0.605. The number of aromatic nitrogens is 3. The summed E-state index contributed by atoms with van der Waals surface area (Å²) in [6.07, 6.45) is 5.13. The van der Waals surface area contributed by atoms with Crippen molar-refractivity contribution in [3.63, 3.8) is 0 Å². The van der Waals surface area contributed by atoms with Gasteiger partial charge in [-0.1, -0.05) is 43.0 Å². The number of Topliss-reactive ketones (excluding diaryl/α,β-unsaturated/α-hetero) is 1. The van der Waals surface area contributed by atoms with Gasteiger partial charge in [0.1, 0.15) is 6.33 Å². The minimum Gasteiger partial charge on any atom is -0.306 e. The van der Waals surface area contributed by atoms with Crippen LogP contribution < -0.4 is 0 Å². The molecule has 0 aliphatic heterocycles. The Hall–Kier alpha value is -1.62. The molecule has 0 bridgehead atoms. The van der Waals surface area contributed by atoms with Crippen LogP contribution in [0.15, 0.2) is 35.7 Å². The third-order valence-corrected chi connectivity index (χ3v) is 4.85. The Morgan fingerprint density at radius 1 is 1.38 bits per heavy atom. The maximum absolute atomic E-state index is 12.5. The van der Waals surface area contributed by atoms with E-state index in [2.05, 4.69) is 21.7 Å². The Bertz CT molecular complexity index is 631. The van der Waals surface area contributed by atoms with E-state index >= 15 is 0 Å². The molecule has 4 nitrogen and oxygen atoms in total. The summed E-state index contributed by atoms with van der Waals surface area (Å²) in [6, 6.07) is 8.43. The number of thioether (sulfide) groups is 1. The standard InChI is InChI=1S/C16H19N3OS/c1-3-12-4-6-13(7-5-12)15(20)11(2)21-16-18-17-10-19(16)14-8-9-14/h4-7,10-11,14H,3,8-9H2,1-2H3. The zero-order valence-corrected chi connectivity index (χ0v) is 13.1. The van der Waals surface area contributed by atoms with Gasteiger partial charge >= 0.3 is 0 Å². The van der Waals surface area contributed by atoms with Crippen LogP contribution in [0.1, 0.15) is 48.7 Å². The SMILES string of the molecule is CCc1ccc(C(=O)C(C)Sc2nncn2C2CC2)cc1. The summed E-state index contributed by atoms with van der Waals surface area (Å²) >= 11 is 1.50. The van der Waals surface area contributed by atoms with Crippen molar-refractivity contribution in [1.82, 2.24) is 14.8 Å². The van der Waals surface area contributed by atoms with Gasteiger partial charge in [-0.15, -0.1) is 10.2 Å². The molecule has 1 aliphatic carbocycles. The molecule has 0 amide bonds. The van der Waals surface area contributed by atoms with Crippen molar-refractivity contribution in [1.29, 1.82) is 0 Å². The first-order chi connectivity index (χ1) is 10.2. The topological polar surface area (TPSA) is 47.8 Å². The molecule has 0 saturated heterocycles. The van der Waals surface area contributed by atoms with Crippen molar-refractivity contribution in [2.75, 3.05) is 0 Å². The van der Waals surface area contributed by atoms with Gasteiger partial charge in [0.15, 0.2) is 10.9 Å². The minimum atomic E-state index is -0.154. The molecule has 1 unspecified atom stereocenters. The Morgan fingerprint density at radius 2 is 2.10 bits per heavy atom. The first-order valence-corrected chi connectivity index (χ1v) is 8.26. The van der Waals surface area contributed by atoms with E-state index in [1.807, 2.05) is 31.2 Å². The van der Waals surface area contributed by atoms with Crippen molar-refractivity contribution in [2.45, 2.75) is 49.6 Å². The molecule has 0 spiro atoms. The van der Waals surface area contributed by atoms with E-state index in [0.717, 1.165) is 17.1 Å². The summed E-state index contributed by atoms with van der Waals surface area (Å²) in [5.74, 6) is 0.146. The fourth-order valence-corrected chi connectivity index (χ4v) is 3.24. The van der Waals surface area contributed by atoms with E-state index in [1.165, 1.54) is 30.2 Å². The van der Waals surface area contributed by atoms with E-state index in [1.54, 1.807) is 6.33 Å². The lowest BCUT2D eigenvalue weighted by Crippen LogP contribution is -2.14. The molecule has 1 aromatic heterocycles. The molecule has 1 aromatic carbocycles. The van der Waals surface area contributed by atoms with Crippen LogP contribution in [0, 0.1) is 0 Å². The van der Waals surface area contributed by atoms with Crippen molar-refractivity contribution in [2.24, 2.45) is 0 Å². The highest BCUT2D eigenvalue weighted by atomic mass is 32.2. The van der Waals surface area contributed by atoms with Crippen LogP contribution in [0.2, 0.25) is 0 Å². The average molecular weight is 301 g/mol. The molecule has 1 aliphatic rings. The predicted octanol–water partition coefficient (Wildman–Crippen LogP) is 3.54. The number of hydrogen-bond donors (Lipinski definition) is 0. The summed E-state index contributed by atoms with van der Waals surface area (Å²) < 4.78 is 2.09. The van der Waals surface area contributed by atoms with Crippen LogP contribution in [0.4, 0.5) is 0 Å². The minimum absolute atomic E-state index is 0.146. The maximum atomic E-state index is 12.5. The van der Waals surface area contributed by atoms with E-state index in [9.17, 15) is 4.79 Å². The van der Waals surface area contributed by atoms with Crippen molar-refractivity contribution >= 4 is 17.5 Å². The van der Waals surface area contributed by atoms with Gasteiger partial charge in [-0.05, 0) is 31.7 Å². The molecule has 110 valence electrons. The molecule has 3 rings (SSSR count). The summed E-state index contributed by atoms with van der Waals surface area (Å²) in [6.45, 7) is 4.05. The molecule has 1 saturated carbocycles. The molecule has 1 atom stereocenters. The summed E-state index contributed by atoms with van der Waals surface area (Å²) in [5.41, 5.74) is 2.02. The molecule has 0 N–H and O–H groups in total. The maximum Gasteiger partial charge on any atom is 0.191 e. The van der Waals surface area contributed by atoms with E-state index in [4.69, 9.17) is 0 Å². The molecular formula is C16H19N3OS. The molecule has 5 heteroatoms. The average Bonchev–Trinajstić information content (AvgIpc) is 3.26. The lowest BCUT2D eigenvalue weighted by Gasteiger charge is -2.11. The number of aryl methyl sites for hydroxylation is 1. The number of hydrogen-bond acceptors (Lipinski definition) is 4. The van der Waals surface area contributed by atoms with Gasteiger partial charge in [-0.25, -0.2) is 0 Å². The second-order valence-corrected chi connectivity index (χ2v) is 6.73. The fourth-order valence-electron chi connectivity index (χ4n) is 2.27. The number of carbonyl (C=O) groups excluding carboxylic acids is 1. The van der Waals surface area contributed by atoms with E-state index < -0.39 is 0 Å². The lowest BCUT2D eigenvalue weighted by atomic mass is 10.1. The van der Waals surface area contributed by atoms with E-state index in [-0.39, 0.29) is 11.0 Å². The van der Waals surface area contributed by atoms with E-state index in [0.29, 0.717) is 6.04 Å². The van der Waals surface area contributed by atoms with Crippen LogP contribution in [-0.4, -0.2) is 25.8 Å². The van der Waals surface area contributed by atoms with Crippen LogP contribution >= 0.6 is 11.8 Å². The van der Waals surface area contributed by atoms with Crippen LogP contribution in [0.25, 0.3) is 0 Å².